The number of hydrogen-bond donors (Lipinski definition) is 6. The second-order valence-corrected chi connectivity index (χ2v) is 26.5. The Labute approximate surface area is 536 Å². The molecule has 10 nitrogen and oxygen atoms in total. The lowest BCUT2D eigenvalue weighted by Crippen LogP contribution is -2.34. The Kier molecular flexibility index (Phi) is 75.1. The lowest BCUT2D eigenvalue weighted by atomic mass is 10.0. The molecule has 0 aromatic rings. The molecule has 0 radical (unpaired) electrons. The summed E-state index contributed by atoms with van der Waals surface area (Å²) < 4.78 is 0. The topological polar surface area (TPSA) is 157 Å². The van der Waals surface area contributed by atoms with E-state index in [0.29, 0.717) is 51.9 Å². The van der Waals surface area contributed by atoms with Crippen LogP contribution in [0.15, 0.2) is 0 Å². The van der Waals surface area contributed by atoms with Crippen molar-refractivity contribution in [1.29, 1.82) is 0 Å². The third-order valence-electron chi connectivity index (χ3n) is 17.7. The van der Waals surface area contributed by atoms with E-state index in [2.05, 4.69) is 49.0 Å². The summed E-state index contributed by atoms with van der Waals surface area (Å²) in [5.74, 6) is 0.430. The van der Waals surface area contributed by atoms with Crippen LogP contribution in [0, 0.1) is 0 Å². The summed E-state index contributed by atoms with van der Waals surface area (Å²) >= 11 is 0. The van der Waals surface area contributed by atoms with E-state index in [0.717, 1.165) is 89.9 Å². The number of rotatable bonds is 70. The van der Waals surface area contributed by atoms with Crippen LogP contribution in [-0.2, 0) is 19.2 Å². The van der Waals surface area contributed by atoms with Crippen LogP contribution in [0.1, 0.15) is 426 Å². The lowest BCUT2D eigenvalue weighted by Gasteiger charge is -2.10. The van der Waals surface area contributed by atoms with Crippen molar-refractivity contribution in [1.82, 2.24) is 21.3 Å². The van der Waals surface area contributed by atoms with E-state index < -0.39 is 0 Å². The molecule has 0 bridgehead atoms. The van der Waals surface area contributed by atoms with Gasteiger partial charge in [-0.15, -0.1) is 0 Å². The van der Waals surface area contributed by atoms with Gasteiger partial charge >= 0.3 is 0 Å². The van der Waals surface area contributed by atoms with Crippen LogP contribution in [0.2, 0.25) is 0 Å². The van der Waals surface area contributed by atoms with Crippen molar-refractivity contribution in [3.05, 3.63) is 0 Å². The maximum absolute atomic E-state index is 12.0. The molecule has 0 rings (SSSR count). The molecule has 0 aliphatic heterocycles. The summed E-state index contributed by atoms with van der Waals surface area (Å²) in [7, 11) is 0. The number of carbonyl (C=O) groups excluding carboxylic acids is 4. The largest absolute Gasteiger partial charge is 0.393 e. The number of unbranched alkanes of at least 4 members (excludes halogenated alkanes) is 48. The first kappa shape index (κ1) is 85.9. The monoisotopic (exact) mass is 1220 g/mol. The fourth-order valence-electron chi connectivity index (χ4n) is 11.8. The molecule has 0 heterocycles. The molecule has 10 heteroatoms. The molecule has 0 aromatic heterocycles. The van der Waals surface area contributed by atoms with Crippen molar-refractivity contribution < 1.29 is 29.4 Å². The minimum absolute atomic E-state index is 0.0890. The first-order valence-corrected chi connectivity index (χ1v) is 38.6. The first-order chi connectivity index (χ1) is 42.2. The predicted octanol–water partition coefficient (Wildman–Crippen LogP) is 21.4. The van der Waals surface area contributed by atoms with Crippen molar-refractivity contribution in [2.75, 3.05) is 26.2 Å². The highest BCUT2D eigenvalue weighted by Crippen LogP contribution is 2.19. The van der Waals surface area contributed by atoms with E-state index in [1.807, 2.05) is 0 Å². The molecule has 512 valence electrons. The van der Waals surface area contributed by atoms with Crippen molar-refractivity contribution >= 4 is 23.6 Å². The summed E-state index contributed by atoms with van der Waals surface area (Å²) in [5, 5.41) is 31.8. The summed E-state index contributed by atoms with van der Waals surface area (Å²) in [6.07, 6.45) is 74.8. The van der Waals surface area contributed by atoms with Gasteiger partial charge in [0.05, 0.1) is 12.2 Å². The van der Waals surface area contributed by atoms with E-state index in [9.17, 15) is 29.4 Å². The quantitative estimate of drug-likeness (QED) is 0.0333. The average molecular weight is 1220 g/mol. The summed E-state index contributed by atoms with van der Waals surface area (Å²) in [5.41, 5.74) is 0. The average Bonchev–Trinajstić information content (AvgIpc) is 3.50. The SMILES string of the molecule is CCCCCCC(O)CCCCCCCCCCC(=O)NCCNC(=O)CCCCCCCCCCC(O)CCCCCC.CCCCCCCCCCCCCCCCCC(=O)NCCNC(=O)CCCCCCCCCCCCCCCCC. The van der Waals surface area contributed by atoms with Gasteiger partial charge in [0.25, 0.3) is 0 Å². The Morgan fingerprint density at radius 3 is 0.500 bits per heavy atom. The number of carbonyl (C=O) groups is 4. The van der Waals surface area contributed by atoms with Crippen LogP contribution >= 0.6 is 0 Å². The third kappa shape index (κ3) is 76.0. The molecular weight excluding hydrogens is 1060 g/mol. The lowest BCUT2D eigenvalue weighted by molar-refractivity contribution is -0.123. The second kappa shape index (κ2) is 75.3. The van der Waals surface area contributed by atoms with Gasteiger partial charge in [0, 0.05) is 51.9 Å². The van der Waals surface area contributed by atoms with Gasteiger partial charge in [-0.2, -0.15) is 0 Å². The van der Waals surface area contributed by atoms with E-state index in [-0.39, 0.29) is 35.8 Å². The van der Waals surface area contributed by atoms with Gasteiger partial charge in [-0.25, -0.2) is 0 Å². The summed E-state index contributed by atoms with van der Waals surface area (Å²) in [6.45, 7) is 11.1. The molecule has 0 aliphatic rings. The van der Waals surface area contributed by atoms with Crippen LogP contribution in [0.4, 0.5) is 0 Å². The van der Waals surface area contributed by atoms with Crippen molar-refractivity contribution in [2.45, 2.75) is 438 Å². The zero-order chi connectivity index (χ0) is 63.0. The highest BCUT2D eigenvalue weighted by Gasteiger charge is 2.08. The van der Waals surface area contributed by atoms with Gasteiger partial charge in [0.1, 0.15) is 0 Å². The van der Waals surface area contributed by atoms with E-state index in [1.54, 1.807) is 0 Å². The van der Waals surface area contributed by atoms with Crippen LogP contribution in [0.25, 0.3) is 0 Å². The highest BCUT2D eigenvalue weighted by atomic mass is 16.3. The molecular formula is C76H152N4O6. The third-order valence-corrected chi connectivity index (χ3v) is 17.7. The summed E-state index contributed by atoms with van der Waals surface area (Å²) in [6, 6.07) is 0. The molecule has 2 atom stereocenters. The van der Waals surface area contributed by atoms with Crippen molar-refractivity contribution in [3.63, 3.8) is 0 Å². The van der Waals surface area contributed by atoms with Gasteiger partial charge in [-0.1, -0.05) is 349 Å². The molecule has 0 spiro atoms. The fourth-order valence-corrected chi connectivity index (χ4v) is 11.8. The van der Waals surface area contributed by atoms with Crippen LogP contribution in [-0.4, -0.2) is 72.2 Å². The second-order valence-electron chi connectivity index (χ2n) is 26.5. The van der Waals surface area contributed by atoms with Gasteiger partial charge in [0.2, 0.25) is 23.6 Å². The highest BCUT2D eigenvalue weighted by molar-refractivity contribution is 5.77. The van der Waals surface area contributed by atoms with Crippen molar-refractivity contribution in [2.24, 2.45) is 0 Å². The molecule has 4 amide bonds. The van der Waals surface area contributed by atoms with E-state index >= 15 is 0 Å². The molecule has 0 aliphatic carbocycles. The number of aliphatic hydroxyl groups excluding tert-OH is 2. The predicted molar refractivity (Wildman–Crippen MR) is 373 cm³/mol. The summed E-state index contributed by atoms with van der Waals surface area (Å²) in [4.78, 5) is 48.1. The smallest absolute Gasteiger partial charge is 0.220 e. The number of aliphatic hydroxyl groups is 2. The van der Waals surface area contributed by atoms with Crippen molar-refractivity contribution in [3.8, 4) is 0 Å². The Bertz CT molecular complexity index is 1270. The van der Waals surface area contributed by atoms with Gasteiger partial charge in [-0.3, -0.25) is 19.2 Å². The number of amides is 4. The molecule has 2 unspecified atom stereocenters. The molecule has 0 fully saturated rings. The maximum atomic E-state index is 12.0. The molecule has 0 saturated carbocycles. The van der Waals surface area contributed by atoms with Crippen LogP contribution in [0.5, 0.6) is 0 Å². The van der Waals surface area contributed by atoms with E-state index in [1.165, 1.54) is 283 Å². The normalized spacial score (nSPS) is 12.0. The number of nitrogens with one attached hydrogen (secondary N) is 4. The zero-order valence-electron chi connectivity index (χ0n) is 58.4. The Morgan fingerprint density at radius 1 is 0.209 bits per heavy atom. The Balaban J connectivity index is 0. The minimum Gasteiger partial charge on any atom is -0.393 e. The maximum Gasteiger partial charge on any atom is 0.220 e. The van der Waals surface area contributed by atoms with Gasteiger partial charge < -0.3 is 31.5 Å². The zero-order valence-corrected chi connectivity index (χ0v) is 58.4. The molecule has 0 saturated heterocycles. The van der Waals surface area contributed by atoms with E-state index in [4.69, 9.17) is 0 Å². The first-order valence-electron chi connectivity index (χ1n) is 38.6. The molecule has 6 N–H and O–H groups in total. The standard InChI is InChI=1S/C38H76N2O4.C38H76N2O2/c1-3-5-7-21-27-35(41)29-23-17-13-9-11-15-19-25-31-37(43)39-33-34-40-38(44)32-26-20-16-12-10-14-18-24-30-36(42)28-22-8-6-4-2;1-3-5-7-9-11-13-15-17-19-21-23-25-27-29-31-33-37(41)39-35-36-40-38(42)34-32-30-28-26-24-22-20-18-16-14-12-10-8-6-4-2/h35-36,41-42H,3-34H2,1-2H3,(H,39,43)(H,40,44);3-36H2,1-2H3,(H,39,41)(H,40,42). The minimum atomic E-state index is -0.0998. The van der Waals surface area contributed by atoms with Crippen LogP contribution < -0.4 is 21.3 Å². The Hall–Kier alpha value is -2.20. The van der Waals surface area contributed by atoms with Gasteiger partial charge in [-0.05, 0) is 51.4 Å². The fraction of sp³-hybridized carbons (Fsp3) is 0.947. The van der Waals surface area contributed by atoms with Gasteiger partial charge in [0.15, 0.2) is 0 Å². The Morgan fingerprint density at radius 2 is 0.337 bits per heavy atom. The number of hydrogen-bond acceptors (Lipinski definition) is 6. The molecule has 0 aromatic carbocycles. The van der Waals surface area contributed by atoms with Crippen LogP contribution in [0.3, 0.4) is 0 Å². The molecule has 86 heavy (non-hydrogen) atoms.